The number of amides is 1. The van der Waals surface area contributed by atoms with Crippen LogP contribution in [0.4, 0.5) is 0 Å². The molecule has 1 aromatic heterocycles. The van der Waals surface area contributed by atoms with Gasteiger partial charge in [0.25, 0.3) is 0 Å². The lowest BCUT2D eigenvalue weighted by Crippen LogP contribution is -2.51. The van der Waals surface area contributed by atoms with Crippen LogP contribution in [0.1, 0.15) is 38.3 Å². The zero-order valence-electron chi connectivity index (χ0n) is 12.0. The van der Waals surface area contributed by atoms with Crippen molar-refractivity contribution in [2.24, 2.45) is 11.8 Å². The van der Waals surface area contributed by atoms with Gasteiger partial charge in [0.2, 0.25) is 5.91 Å². The summed E-state index contributed by atoms with van der Waals surface area (Å²) in [4.78, 5) is 18.6. The van der Waals surface area contributed by atoms with Crippen molar-refractivity contribution in [2.45, 2.75) is 45.2 Å². The maximum absolute atomic E-state index is 12.2. The van der Waals surface area contributed by atoms with Gasteiger partial charge in [0, 0.05) is 37.0 Å². The fourth-order valence-electron chi connectivity index (χ4n) is 3.06. The topological polar surface area (TPSA) is 45.2 Å². The van der Waals surface area contributed by atoms with E-state index in [2.05, 4.69) is 27.5 Å². The molecular formula is C15H23N3OS. The monoisotopic (exact) mass is 293 g/mol. The first-order valence-corrected chi connectivity index (χ1v) is 8.61. The van der Waals surface area contributed by atoms with Gasteiger partial charge in [-0.25, -0.2) is 4.98 Å². The molecule has 1 aliphatic carbocycles. The van der Waals surface area contributed by atoms with Crippen LogP contribution in [0.5, 0.6) is 0 Å². The summed E-state index contributed by atoms with van der Waals surface area (Å²) in [7, 11) is 0. The van der Waals surface area contributed by atoms with Crippen LogP contribution < -0.4 is 5.32 Å². The van der Waals surface area contributed by atoms with Crippen molar-refractivity contribution >= 4 is 17.2 Å². The van der Waals surface area contributed by atoms with Gasteiger partial charge in [-0.15, -0.1) is 11.3 Å². The van der Waals surface area contributed by atoms with Gasteiger partial charge >= 0.3 is 0 Å². The van der Waals surface area contributed by atoms with E-state index >= 15 is 0 Å². The van der Waals surface area contributed by atoms with Crippen molar-refractivity contribution in [3.8, 4) is 0 Å². The predicted octanol–water partition coefficient (Wildman–Crippen LogP) is 2.27. The minimum atomic E-state index is 0.354. The number of nitrogens with zero attached hydrogens (tertiary/aromatic N) is 2. The highest BCUT2D eigenvalue weighted by Crippen LogP contribution is 2.33. The molecule has 110 valence electrons. The number of carbonyl (C=O) groups is 1. The van der Waals surface area contributed by atoms with Crippen LogP contribution in [0.3, 0.4) is 0 Å². The molecular weight excluding hydrogens is 270 g/mol. The zero-order chi connectivity index (χ0) is 13.9. The van der Waals surface area contributed by atoms with Crippen LogP contribution in [0.15, 0.2) is 10.9 Å². The normalized spacial score (nSPS) is 26.8. The standard InChI is InChI=1S/C15H23N3OS/c1-2-11-8-18(15(19)12-3-4-12)6-5-14(11)16-7-13-9-20-10-17-13/h9-12,14,16H,2-8H2,1H3/t11-,14+/m1/s1. The number of aromatic nitrogens is 1. The number of rotatable bonds is 5. The maximum Gasteiger partial charge on any atom is 0.225 e. The van der Waals surface area contributed by atoms with E-state index in [0.717, 1.165) is 51.0 Å². The van der Waals surface area contributed by atoms with Crippen molar-refractivity contribution in [3.63, 3.8) is 0 Å². The average Bonchev–Trinajstić information content (AvgIpc) is 3.21. The second kappa shape index (κ2) is 6.22. The van der Waals surface area contributed by atoms with Gasteiger partial charge in [-0.3, -0.25) is 4.79 Å². The van der Waals surface area contributed by atoms with Crippen molar-refractivity contribution in [1.29, 1.82) is 0 Å². The Balaban J connectivity index is 1.52. The summed E-state index contributed by atoms with van der Waals surface area (Å²) < 4.78 is 0. The molecule has 3 rings (SSSR count). The lowest BCUT2D eigenvalue weighted by molar-refractivity contribution is -0.134. The molecule has 1 saturated heterocycles. The van der Waals surface area contributed by atoms with Crippen LogP contribution >= 0.6 is 11.3 Å². The highest BCUT2D eigenvalue weighted by atomic mass is 32.1. The average molecular weight is 293 g/mol. The van der Waals surface area contributed by atoms with Gasteiger partial charge in [-0.05, 0) is 25.2 Å². The molecule has 0 bridgehead atoms. The smallest absolute Gasteiger partial charge is 0.225 e. The Labute approximate surface area is 124 Å². The number of thiazole rings is 1. The summed E-state index contributed by atoms with van der Waals surface area (Å²) in [5.41, 5.74) is 3.01. The van der Waals surface area contributed by atoms with Gasteiger partial charge in [-0.2, -0.15) is 0 Å². The number of carbonyl (C=O) groups excluding carboxylic acids is 1. The van der Waals surface area contributed by atoms with Gasteiger partial charge in [0.1, 0.15) is 0 Å². The van der Waals surface area contributed by atoms with E-state index in [0.29, 0.717) is 23.8 Å². The minimum absolute atomic E-state index is 0.354. The molecule has 1 aliphatic heterocycles. The molecule has 4 nitrogen and oxygen atoms in total. The van der Waals surface area contributed by atoms with Gasteiger partial charge < -0.3 is 10.2 Å². The molecule has 2 heterocycles. The van der Waals surface area contributed by atoms with Crippen LogP contribution in [0, 0.1) is 11.8 Å². The lowest BCUT2D eigenvalue weighted by atomic mass is 9.89. The van der Waals surface area contributed by atoms with Crippen LogP contribution in [-0.4, -0.2) is 34.9 Å². The summed E-state index contributed by atoms with van der Waals surface area (Å²) in [5.74, 6) is 1.33. The van der Waals surface area contributed by atoms with E-state index in [4.69, 9.17) is 0 Å². The van der Waals surface area contributed by atoms with Gasteiger partial charge in [0.15, 0.2) is 0 Å². The first-order valence-electron chi connectivity index (χ1n) is 7.67. The molecule has 1 amide bonds. The summed E-state index contributed by atoms with van der Waals surface area (Å²) in [6, 6.07) is 0.518. The molecule has 1 N–H and O–H groups in total. The molecule has 2 atom stereocenters. The fourth-order valence-corrected chi connectivity index (χ4v) is 3.62. The number of piperidine rings is 1. The number of likely N-dealkylation sites (tertiary alicyclic amines) is 1. The highest BCUT2D eigenvalue weighted by molar-refractivity contribution is 7.07. The third-order valence-electron chi connectivity index (χ3n) is 4.53. The Morgan fingerprint density at radius 2 is 2.35 bits per heavy atom. The summed E-state index contributed by atoms with van der Waals surface area (Å²) >= 11 is 1.64. The van der Waals surface area contributed by atoms with Crippen LogP contribution in [0.25, 0.3) is 0 Å². The van der Waals surface area contributed by atoms with E-state index in [1.807, 2.05) is 5.51 Å². The van der Waals surface area contributed by atoms with E-state index in [1.54, 1.807) is 11.3 Å². The molecule has 0 spiro atoms. The Morgan fingerprint density at radius 1 is 1.50 bits per heavy atom. The molecule has 2 aliphatic rings. The number of hydrogen-bond acceptors (Lipinski definition) is 4. The summed E-state index contributed by atoms with van der Waals surface area (Å²) in [5, 5.41) is 5.73. The molecule has 0 radical (unpaired) electrons. The quantitative estimate of drug-likeness (QED) is 0.906. The second-order valence-corrected chi connectivity index (χ2v) is 6.70. The number of hydrogen-bond donors (Lipinski definition) is 1. The zero-order valence-corrected chi connectivity index (χ0v) is 12.9. The third-order valence-corrected chi connectivity index (χ3v) is 5.16. The van der Waals surface area contributed by atoms with Crippen LogP contribution in [-0.2, 0) is 11.3 Å². The summed E-state index contributed by atoms with van der Waals surface area (Å²) in [6.07, 6.45) is 4.42. The van der Waals surface area contributed by atoms with Crippen molar-refractivity contribution < 1.29 is 4.79 Å². The fraction of sp³-hybridized carbons (Fsp3) is 0.733. The Kier molecular flexibility index (Phi) is 4.36. The van der Waals surface area contributed by atoms with Gasteiger partial charge in [-0.1, -0.05) is 13.3 Å². The first-order chi connectivity index (χ1) is 9.78. The Bertz CT molecular complexity index is 444. The maximum atomic E-state index is 12.2. The minimum Gasteiger partial charge on any atom is -0.342 e. The van der Waals surface area contributed by atoms with Crippen molar-refractivity contribution in [2.75, 3.05) is 13.1 Å². The molecule has 0 unspecified atom stereocenters. The Morgan fingerprint density at radius 3 is 3.00 bits per heavy atom. The largest absolute Gasteiger partial charge is 0.342 e. The van der Waals surface area contributed by atoms with E-state index < -0.39 is 0 Å². The van der Waals surface area contributed by atoms with E-state index in [9.17, 15) is 4.79 Å². The number of nitrogens with one attached hydrogen (secondary N) is 1. The second-order valence-electron chi connectivity index (χ2n) is 5.98. The predicted molar refractivity (Wildman–Crippen MR) is 80.4 cm³/mol. The molecule has 5 heteroatoms. The summed E-state index contributed by atoms with van der Waals surface area (Å²) in [6.45, 7) is 4.93. The molecule has 2 fully saturated rings. The van der Waals surface area contributed by atoms with Gasteiger partial charge in [0.05, 0.1) is 11.2 Å². The van der Waals surface area contributed by atoms with Crippen molar-refractivity contribution in [3.05, 3.63) is 16.6 Å². The molecule has 20 heavy (non-hydrogen) atoms. The highest BCUT2D eigenvalue weighted by Gasteiger charge is 2.37. The van der Waals surface area contributed by atoms with Crippen LogP contribution in [0.2, 0.25) is 0 Å². The molecule has 0 aromatic carbocycles. The first kappa shape index (κ1) is 14.0. The molecule has 1 saturated carbocycles. The third kappa shape index (κ3) is 3.20. The Hall–Kier alpha value is -0.940. The molecule has 1 aromatic rings. The SMILES string of the molecule is CC[C@@H]1CN(C(=O)C2CC2)CC[C@@H]1NCc1cscn1. The lowest BCUT2D eigenvalue weighted by Gasteiger charge is -2.39. The van der Waals surface area contributed by atoms with E-state index in [1.165, 1.54) is 0 Å². The van der Waals surface area contributed by atoms with E-state index in [-0.39, 0.29) is 0 Å². The van der Waals surface area contributed by atoms with Crippen molar-refractivity contribution in [1.82, 2.24) is 15.2 Å².